The average Bonchev–Trinajstić information content (AvgIpc) is 2.38. The molecule has 0 fully saturated rings. The van der Waals surface area contributed by atoms with Crippen LogP contribution in [0.3, 0.4) is 0 Å². The van der Waals surface area contributed by atoms with Crippen molar-refractivity contribution in [3.8, 4) is 16.9 Å². The Labute approximate surface area is 112 Å². The maximum Gasteiger partial charge on any atom is 0.181 e. The zero-order valence-corrected chi connectivity index (χ0v) is 11.3. The molecule has 0 aliphatic carbocycles. The number of rotatable bonds is 3. The van der Waals surface area contributed by atoms with Crippen LogP contribution < -0.4 is 0 Å². The van der Waals surface area contributed by atoms with Crippen molar-refractivity contribution in [2.24, 2.45) is 0 Å². The summed E-state index contributed by atoms with van der Waals surface area (Å²) in [5.41, 5.74) is 3.16. The van der Waals surface area contributed by atoms with E-state index in [2.05, 4.69) is 31.0 Å². The number of Topliss-reactive ketones (excluding diaryl/α,β-unsaturated/α-hetero) is 1. The molecule has 0 atom stereocenters. The van der Waals surface area contributed by atoms with Gasteiger partial charge in [-0.3, -0.25) is 4.79 Å². The summed E-state index contributed by atoms with van der Waals surface area (Å²) in [6, 6.07) is 9.71. The van der Waals surface area contributed by atoms with Crippen molar-refractivity contribution in [3.63, 3.8) is 0 Å². The SMILES string of the molecule is CC(=O)c1ncc(-c2ccc(C(C)C)cc2)cc1O. The number of nitrogens with zero attached hydrogens (tertiary/aromatic N) is 1. The van der Waals surface area contributed by atoms with E-state index in [-0.39, 0.29) is 17.2 Å². The molecule has 0 amide bonds. The van der Waals surface area contributed by atoms with Crippen molar-refractivity contribution < 1.29 is 9.90 Å². The van der Waals surface area contributed by atoms with Crippen LogP contribution in [0.25, 0.3) is 11.1 Å². The Kier molecular flexibility index (Phi) is 3.65. The van der Waals surface area contributed by atoms with Crippen molar-refractivity contribution in [1.82, 2.24) is 4.98 Å². The van der Waals surface area contributed by atoms with Crippen molar-refractivity contribution in [1.29, 1.82) is 0 Å². The topological polar surface area (TPSA) is 50.2 Å². The molecule has 0 radical (unpaired) electrons. The minimum atomic E-state index is -0.237. The summed E-state index contributed by atoms with van der Waals surface area (Å²) in [5, 5.41) is 9.78. The van der Waals surface area contributed by atoms with Crippen molar-refractivity contribution in [2.45, 2.75) is 26.7 Å². The number of aromatic hydroxyl groups is 1. The largest absolute Gasteiger partial charge is 0.506 e. The Morgan fingerprint density at radius 3 is 2.26 bits per heavy atom. The van der Waals surface area contributed by atoms with E-state index in [4.69, 9.17) is 0 Å². The molecule has 0 aliphatic heterocycles. The lowest BCUT2D eigenvalue weighted by Gasteiger charge is -2.08. The standard InChI is InChI=1S/C16H17NO2/c1-10(2)12-4-6-13(7-5-12)14-8-15(19)16(11(3)18)17-9-14/h4-10,19H,1-3H3. The summed E-state index contributed by atoms with van der Waals surface area (Å²) in [6.45, 7) is 5.67. The molecule has 1 heterocycles. The number of carbonyl (C=O) groups excluding carboxylic acids is 1. The highest BCUT2D eigenvalue weighted by molar-refractivity contribution is 5.95. The first-order valence-electron chi connectivity index (χ1n) is 6.29. The predicted octanol–water partition coefficient (Wildman–Crippen LogP) is 3.78. The normalized spacial score (nSPS) is 10.7. The second-order valence-corrected chi connectivity index (χ2v) is 4.92. The molecule has 0 aliphatic rings. The summed E-state index contributed by atoms with van der Waals surface area (Å²) < 4.78 is 0. The maximum atomic E-state index is 11.2. The smallest absolute Gasteiger partial charge is 0.181 e. The zero-order valence-electron chi connectivity index (χ0n) is 11.3. The molecule has 0 bridgehead atoms. The lowest BCUT2D eigenvalue weighted by Crippen LogP contribution is -1.97. The van der Waals surface area contributed by atoms with Gasteiger partial charge < -0.3 is 5.11 Å². The Bertz CT molecular complexity index is 601. The van der Waals surface area contributed by atoms with Gasteiger partial charge in [0.15, 0.2) is 5.78 Å². The molecule has 0 unspecified atom stereocenters. The molecular formula is C16H17NO2. The zero-order chi connectivity index (χ0) is 14.0. The molecule has 0 saturated heterocycles. The molecule has 2 aromatic rings. The van der Waals surface area contributed by atoms with Gasteiger partial charge in [-0.25, -0.2) is 4.98 Å². The van der Waals surface area contributed by atoms with Gasteiger partial charge in [0.1, 0.15) is 11.4 Å². The highest BCUT2D eigenvalue weighted by Gasteiger charge is 2.10. The van der Waals surface area contributed by atoms with Gasteiger partial charge in [0.25, 0.3) is 0 Å². The lowest BCUT2D eigenvalue weighted by molar-refractivity contribution is 0.101. The number of aromatic nitrogens is 1. The van der Waals surface area contributed by atoms with Crippen LogP contribution in [-0.4, -0.2) is 15.9 Å². The fourth-order valence-corrected chi connectivity index (χ4v) is 1.94. The monoisotopic (exact) mass is 255 g/mol. The number of carbonyl (C=O) groups is 1. The molecule has 2 rings (SSSR count). The van der Waals surface area contributed by atoms with E-state index < -0.39 is 0 Å². The quantitative estimate of drug-likeness (QED) is 0.849. The van der Waals surface area contributed by atoms with Crippen LogP contribution in [0.15, 0.2) is 36.5 Å². The number of benzene rings is 1. The highest BCUT2D eigenvalue weighted by atomic mass is 16.3. The Morgan fingerprint density at radius 2 is 1.79 bits per heavy atom. The Hall–Kier alpha value is -2.16. The van der Waals surface area contributed by atoms with Crippen LogP contribution in [0.5, 0.6) is 5.75 Å². The van der Waals surface area contributed by atoms with Crippen LogP contribution in [0.2, 0.25) is 0 Å². The van der Waals surface area contributed by atoms with E-state index in [0.29, 0.717) is 5.92 Å². The fourth-order valence-electron chi connectivity index (χ4n) is 1.94. The van der Waals surface area contributed by atoms with Gasteiger partial charge in [-0.1, -0.05) is 38.1 Å². The van der Waals surface area contributed by atoms with E-state index in [1.807, 2.05) is 12.1 Å². The summed E-state index contributed by atoms with van der Waals surface area (Å²) in [6.07, 6.45) is 1.61. The summed E-state index contributed by atoms with van der Waals surface area (Å²) in [5.74, 6) is 0.179. The molecule has 1 aromatic carbocycles. The molecule has 0 saturated carbocycles. The third-order valence-corrected chi connectivity index (χ3v) is 3.11. The van der Waals surface area contributed by atoms with E-state index in [1.54, 1.807) is 12.3 Å². The lowest BCUT2D eigenvalue weighted by atomic mass is 9.99. The fraction of sp³-hybridized carbons (Fsp3) is 0.250. The van der Waals surface area contributed by atoms with Gasteiger partial charge in [-0.2, -0.15) is 0 Å². The molecule has 3 heteroatoms. The molecule has 98 valence electrons. The van der Waals surface area contributed by atoms with Gasteiger partial charge in [0.2, 0.25) is 0 Å². The third kappa shape index (κ3) is 2.81. The molecule has 0 spiro atoms. The summed E-state index contributed by atoms with van der Waals surface area (Å²) in [7, 11) is 0. The van der Waals surface area contributed by atoms with Crippen LogP contribution in [-0.2, 0) is 0 Å². The van der Waals surface area contributed by atoms with E-state index in [0.717, 1.165) is 11.1 Å². The molecule has 19 heavy (non-hydrogen) atoms. The predicted molar refractivity (Wildman–Crippen MR) is 75.4 cm³/mol. The van der Waals surface area contributed by atoms with Crippen LogP contribution in [0, 0.1) is 0 Å². The van der Waals surface area contributed by atoms with Gasteiger partial charge in [-0.05, 0) is 23.1 Å². The van der Waals surface area contributed by atoms with Gasteiger partial charge >= 0.3 is 0 Å². The number of hydrogen-bond donors (Lipinski definition) is 1. The van der Waals surface area contributed by atoms with Gasteiger partial charge in [-0.15, -0.1) is 0 Å². The number of hydrogen-bond acceptors (Lipinski definition) is 3. The van der Waals surface area contributed by atoms with Gasteiger partial charge in [0, 0.05) is 18.7 Å². The van der Waals surface area contributed by atoms with Crippen LogP contribution in [0.4, 0.5) is 0 Å². The molecule has 1 aromatic heterocycles. The average molecular weight is 255 g/mol. The molecular weight excluding hydrogens is 238 g/mol. The number of ketones is 1. The number of pyridine rings is 1. The Balaban J connectivity index is 2.37. The second kappa shape index (κ2) is 5.22. The molecule has 3 nitrogen and oxygen atoms in total. The summed E-state index contributed by atoms with van der Waals surface area (Å²) >= 11 is 0. The van der Waals surface area contributed by atoms with E-state index in [1.165, 1.54) is 12.5 Å². The highest BCUT2D eigenvalue weighted by Crippen LogP contribution is 2.26. The van der Waals surface area contributed by atoms with Crippen molar-refractivity contribution >= 4 is 5.78 Å². The minimum Gasteiger partial charge on any atom is -0.506 e. The maximum absolute atomic E-state index is 11.2. The van der Waals surface area contributed by atoms with Crippen LogP contribution in [0.1, 0.15) is 42.7 Å². The Morgan fingerprint density at radius 1 is 1.16 bits per heavy atom. The van der Waals surface area contributed by atoms with Crippen molar-refractivity contribution in [2.75, 3.05) is 0 Å². The van der Waals surface area contributed by atoms with E-state index >= 15 is 0 Å². The van der Waals surface area contributed by atoms with Gasteiger partial charge in [0.05, 0.1) is 0 Å². The first-order chi connectivity index (χ1) is 8.99. The molecule has 1 N–H and O–H groups in total. The minimum absolute atomic E-state index is 0.0714. The van der Waals surface area contributed by atoms with Crippen molar-refractivity contribution in [3.05, 3.63) is 47.8 Å². The second-order valence-electron chi connectivity index (χ2n) is 4.92. The first-order valence-corrected chi connectivity index (χ1v) is 6.29. The van der Waals surface area contributed by atoms with E-state index in [9.17, 15) is 9.90 Å². The first kappa shape index (κ1) is 13.3. The third-order valence-electron chi connectivity index (χ3n) is 3.11. The van der Waals surface area contributed by atoms with Crippen LogP contribution >= 0.6 is 0 Å². The summed E-state index contributed by atoms with van der Waals surface area (Å²) in [4.78, 5) is 15.2.